The average molecular weight is 629 g/mol. The molecule has 0 aromatic heterocycles. The Morgan fingerprint density at radius 1 is 1.09 bits per heavy atom. The Hall–Kier alpha value is -3.96. The summed E-state index contributed by atoms with van der Waals surface area (Å²) in [5, 5.41) is 25.2. The van der Waals surface area contributed by atoms with Gasteiger partial charge in [0.2, 0.25) is 0 Å². The van der Waals surface area contributed by atoms with E-state index in [1.807, 2.05) is 56.0 Å². The highest BCUT2D eigenvalue weighted by Crippen LogP contribution is 2.52. The third-order valence-corrected chi connectivity index (χ3v) is 9.38. The first-order chi connectivity index (χ1) is 20.3. The average Bonchev–Trinajstić information content (AvgIpc) is 2.99. The molecule has 238 valence electrons. The van der Waals surface area contributed by atoms with Gasteiger partial charge in [0.05, 0.1) is 29.1 Å². The van der Waals surface area contributed by atoms with Crippen LogP contribution >= 0.6 is 12.4 Å². The quantitative estimate of drug-likeness (QED) is 0.233. The van der Waals surface area contributed by atoms with Crippen molar-refractivity contribution in [3.8, 4) is 0 Å². The first-order valence-corrected chi connectivity index (χ1v) is 14.4. The Kier molecular flexibility index (Phi) is 10.8. The Morgan fingerprint density at radius 2 is 1.73 bits per heavy atom. The number of carboxylic acids is 1. The van der Waals surface area contributed by atoms with Crippen LogP contribution in [-0.4, -0.2) is 83.0 Å². The molecule has 2 aliphatic heterocycles. The van der Waals surface area contributed by atoms with Gasteiger partial charge < -0.3 is 20.1 Å². The van der Waals surface area contributed by atoms with Crippen molar-refractivity contribution in [1.29, 1.82) is 0 Å². The number of non-ortho nitro benzene ring substituents is 1. The van der Waals surface area contributed by atoms with Crippen LogP contribution in [-0.2, 0) is 14.3 Å². The van der Waals surface area contributed by atoms with Gasteiger partial charge in [-0.25, -0.2) is 4.79 Å². The number of amides is 1. The van der Waals surface area contributed by atoms with Gasteiger partial charge >= 0.3 is 11.9 Å². The summed E-state index contributed by atoms with van der Waals surface area (Å²) in [5.74, 6) is -3.77. The van der Waals surface area contributed by atoms with E-state index in [9.17, 15) is 29.6 Å². The summed E-state index contributed by atoms with van der Waals surface area (Å²) in [7, 11) is 1.27. The molecular weight excluding hydrogens is 588 g/mol. The number of halogens is 1. The largest absolute Gasteiger partial charge is 0.478 e. The number of benzene rings is 2. The van der Waals surface area contributed by atoms with Crippen LogP contribution in [0.25, 0.3) is 0 Å². The lowest BCUT2D eigenvalue weighted by Crippen LogP contribution is -2.65. The fraction of sp³-hybridized carbons (Fsp3) is 0.469. The van der Waals surface area contributed by atoms with Crippen LogP contribution in [0.15, 0.2) is 65.9 Å². The molecule has 2 heterocycles. The highest BCUT2D eigenvalue weighted by Gasteiger charge is 2.58. The van der Waals surface area contributed by atoms with E-state index in [1.165, 1.54) is 25.3 Å². The number of carbonyl (C=O) groups excluding carboxylic acids is 2. The van der Waals surface area contributed by atoms with Crippen molar-refractivity contribution in [1.82, 2.24) is 15.1 Å². The van der Waals surface area contributed by atoms with E-state index in [1.54, 1.807) is 13.0 Å². The monoisotopic (exact) mass is 628 g/mol. The molecule has 2 aliphatic rings. The summed E-state index contributed by atoms with van der Waals surface area (Å²) in [6, 6.07) is 15.0. The number of nitro groups is 1. The lowest BCUT2D eigenvalue weighted by atomic mass is 9.57. The van der Waals surface area contributed by atoms with Gasteiger partial charge in [0.15, 0.2) is 0 Å². The molecule has 4 rings (SSSR count). The highest BCUT2D eigenvalue weighted by atomic mass is 35.5. The topological polar surface area (TPSA) is 142 Å². The maximum atomic E-state index is 13.6. The third-order valence-electron chi connectivity index (χ3n) is 9.38. The maximum Gasteiger partial charge on any atom is 0.333 e. The number of piperazine rings is 1. The molecule has 1 saturated heterocycles. The number of ether oxygens (including phenoxy) is 1. The number of nitrogens with one attached hydrogen (secondary N) is 1. The van der Waals surface area contributed by atoms with Crippen LogP contribution in [0.1, 0.15) is 56.0 Å². The van der Waals surface area contributed by atoms with Gasteiger partial charge in [0, 0.05) is 55.5 Å². The predicted molar refractivity (Wildman–Crippen MR) is 168 cm³/mol. The second-order valence-corrected chi connectivity index (χ2v) is 12.1. The Bertz CT molecular complexity index is 1420. The lowest BCUT2D eigenvalue weighted by Gasteiger charge is -2.55. The summed E-state index contributed by atoms with van der Waals surface area (Å²) in [4.78, 5) is 54.2. The molecule has 2 aromatic carbocycles. The SMILES string of the molecule is COC(=O)C1C(c2cccc([N+](=O)[O-])c2)C(C(=O)O)=C(C)NC1(C)C(C)(C)CCN1CCN(C(=O)c2ccccc2)CC1.Cl. The number of nitro benzene ring substituents is 1. The zero-order chi connectivity index (χ0) is 31.5. The Morgan fingerprint density at radius 3 is 2.30 bits per heavy atom. The molecule has 3 unspecified atom stereocenters. The van der Waals surface area contributed by atoms with Crippen LogP contribution in [0.2, 0.25) is 0 Å². The van der Waals surface area contributed by atoms with Gasteiger partial charge in [0.25, 0.3) is 11.6 Å². The second-order valence-electron chi connectivity index (χ2n) is 12.1. The maximum absolute atomic E-state index is 13.6. The minimum absolute atomic E-state index is 0. The van der Waals surface area contributed by atoms with Crippen LogP contribution in [0, 0.1) is 21.4 Å². The minimum Gasteiger partial charge on any atom is -0.478 e. The van der Waals surface area contributed by atoms with Gasteiger partial charge in [-0.1, -0.05) is 44.2 Å². The normalized spacial score (nSPS) is 22.4. The predicted octanol–water partition coefficient (Wildman–Crippen LogP) is 4.48. The van der Waals surface area contributed by atoms with Gasteiger partial charge in [-0.3, -0.25) is 24.6 Å². The van der Waals surface area contributed by atoms with Crippen molar-refractivity contribution in [2.75, 3.05) is 39.8 Å². The number of hydrogen-bond donors (Lipinski definition) is 2. The van der Waals surface area contributed by atoms with Gasteiger partial charge in [-0.15, -0.1) is 12.4 Å². The zero-order valence-electron chi connectivity index (χ0n) is 25.7. The lowest BCUT2D eigenvalue weighted by molar-refractivity contribution is -0.384. The van der Waals surface area contributed by atoms with Crippen molar-refractivity contribution in [3.63, 3.8) is 0 Å². The Balaban J connectivity index is 0.00000529. The number of carboxylic acid groups (broad SMARTS) is 1. The summed E-state index contributed by atoms with van der Waals surface area (Å²) in [6.45, 7) is 11.0. The molecule has 1 amide bonds. The smallest absolute Gasteiger partial charge is 0.333 e. The molecule has 3 atom stereocenters. The van der Waals surface area contributed by atoms with Crippen molar-refractivity contribution < 1.29 is 29.2 Å². The van der Waals surface area contributed by atoms with Crippen LogP contribution in [0.5, 0.6) is 0 Å². The fourth-order valence-corrected chi connectivity index (χ4v) is 6.48. The van der Waals surface area contributed by atoms with E-state index < -0.39 is 39.7 Å². The third kappa shape index (κ3) is 6.73. The number of carbonyl (C=O) groups is 3. The number of allylic oxidation sites excluding steroid dienone is 1. The Labute approximate surface area is 263 Å². The van der Waals surface area contributed by atoms with E-state index in [-0.39, 0.29) is 29.6 Å². The van der Waals surface area contributed by atoms with Crippen molar-refractivity contribution in [3.05, 3.63) is 87.1 Å². The van der Waals surface area contributed by atoms with Crippen molar-refractivity contribution in [2.45, 2.75) is 45.6 Å². The van der Waals surface area contributed by atoms with E-state index >= 15 is 0 Å². The molecule has 0 aliphatic carbocycles. The number of hydrogen-bond acceptors (Lipinski definition) is 8. The van der Waals surface area contributed by atoms with Crippen LogP contribution in [0.3, 0.4) is 0 Å². The minimum atomic E-state index is -1.21. The molecule has 2 aromatic rings. The summed E-state index contributed by atoms with van der Waals surface area (Å²) < 4.78 is 5.26. The number of aliphatic carboxylic acids is 1. The van der Waals surface area contributed by atoms with E-state index in [2.05, 4.69) is 10.2 Å². The summed E-state index contributed by atoms with van der Waals surface area (Å²) >= 11 is 0. The van der Waals surface area contributed by atoms with E-state index in [0.29, 0.717) is 56.0 Å². The molecule has 11 nitrogen and oxygen atoms in total. The van der Waals surface area contributed by atoms with Gasteiger partial charge in [-0.2, -0.15) is 0 Å². The number of nitrogens with zero attached hydrogens (tertiary/aromatic N) is 3. The molecule has 0 saturated carbocycles. The number of methoxy groups -OCH3 is 1. The first kappa shape index (κ1) is 34.5. The molecule has 1 fully saturated rings. The summed E-state index contributed by atoms with van der Waals surface area (Å²) in [5.41, 5.74) is -0.339. The summed E-state index contributed by atoms with van der Waals surface area (Å²) in [6.07, 6.45) is 0.647. The standard InChI is InChI=1S/C32H40N4O7.ClH/c1-21-25(29(38)39)26(23-12-9-13-24(20-23)36(41)42)27(30(40)43-5)32(4,33-21)31(2,3)14-15-34-16-18-35(19-17-34)28(37)22-10-7-6-8-11-22;/h6-13,20,26-27,33H,14-19H2,1-5H3,(H,38,39);1H. The molecule has 2 N–H and O–H groups in total. The zero-order valence-corrected chi connectivity index (χ0v) is 26.6. The van der Waals surface area contributed by atoms with Gasteiger partial charge in [0.1, 0.15) is 0 Å². The van der Waals surface area contributed by atoms with E-state index in [0.717, 1.165) is 0 Å². The van der Waals surface area contributed by atoms with Crippen molar-refractivity contribution >= 4 is 35.9 Å². The molecule has 0 bridgehead atoms. The van der Waals surface area contributed by atoms with Gasteiger partial charge in [-0.05, 0) is 49.9 Å². The second kappa shape index (κ2) is 13.8. The molecule has 0 spiro atoms. The number of rotatable bonds is 9. The molecule has 44 heavy (non-hydrogen) atoms. The van der Waals surface area contributed by atoms with Crippen LogP contribution in [0.4, 0.5) is 5.69 Å². The van der Waals surface area contributed by atoms with Crippen LogP contribution < -0.4 is 5.32 Å². The van der Waals surface area contributed by atoms with Crippen molar-refractivity contribution in [2.24, 2.45) is 11.3 Å². The molecule has 12 heteroatoms. The fourth-order valence-electron chi connectivity index (χ4n) is 6.48. The first-order valence-electron chi connectivity index (χ1n) is 14.4. The number of esters is 1. The highest BCUT2D eigenvalue weighted by molar-refractivity contribution is 5.94. The van der Waals surface area contributed by atoms with E-state index in [4.69, 9.17) is 4.74 Å². The molecule has 0 radical (unpaired) electrons. The molecular formula is C32H41ClN4O7.